The topological polar surface area (TPSA) is 101 Å². The van der Waals surface area contributed by atoms with Crippen molar-refractivity contribution >= 4 is 21.5 Å². The molecule has 7 aromatic rings. The summed E-state index contributed by atoms with van der Waals surface area (Å²) >= 11 is 0. The van der Waals surface area contributed by atoms with Gasteiger partial charge >= 0.3 is 0 Å². The average Bonchev–Trinajstić information content (AvgIpc) is 3.44. The molecule has 0 radical (unpaired) electrons. The second kappa shape index (κ2) is 13.3. The Balaban J connectivity index is 0.000000298. The van der Waals surface area contributed by atoms with Crippen LogP contribution in [0.1, 0.15) is 61.4 Å². The van der Waals surface area contributed by atoms with E-state index in [0.29, 0.717) is 22.4 Å². The van der Waals surface area contributed by atoms with Gasteiger partial charge in [0, 0.05) is 10.8 Å². The first kappa shape index (κ1) is 33.0. The second-order valence-corrected chi connectivity index (χ2v) is 12.3. The van der Waals surface area contributed by atoms with E-state index < -0.39 is 5.41 Å². The van der Waals surface area contributed by atoms with Crippen LogP contribution in [-0.4, -0.2) is 25.5 Å². The summed E-state index contributed by atoms with van der Waals surface area (Å²) in [6.07, 6.45) is 0. The third-order valence-electron chi connectivity index (χ3n) is 9.32. The van der Waals surface area contributed by atoms with Gasteiger partial charge in [0.05, 0.1) is 5.41 Å². The van der Waals surface area contributed by atoms with Gasteiger partial charge in [-0.05, 0) is 92.0 Å². The van der Waals surface area contributed by atoms with Crippen molar-refractivity contribution in [2.45, 2.75) is 39.0 Å². The fraction of sp³-hybridized carbons (Fsp3) is 0.136. The van der Waals surface area contributed by atoms with Crippen LogP contribution in [-0.2, 0) is 5.41 Å². The summed E-state index contributed by atoms with van der Waals surface area (Å²) in [5.74, 6) is 0.316. The molecule has 0 saturated carbocycles. The quantitative estimate of drug-likeness (QED) is 0.123. The molecule has 5 heteroatoms. The third kappa shape index (κ3) is 5.57. The second-order valence-electron chi connectivity index (χ2n) is 12.3. The summed E-state index contributed by atoms with van der Waals surface area (Å²) in [4.78, 5) is 0. The number of phenolic OH excluding ortho intramolecular Hbond substituents is 5. The van der Waals surface area contributed by atoms with Gasteiger partial charge in [-0.25, -0.2) is 0 Å². The van der Waals surface area contributed by atoms with Crippen LogP contribution < -0.4 is 0 Å². The van der Waals surface area contributed by atoms with Crippen molar-refractivity contribution in [3.8, 4) is 39.9 Å². The van der Waals surface area contributed by atoms with Gasteiger partial charge in [-0.3, -0.25) is 0 Å². The van der Waals surface area contributed by atoms with E-state index in [4.69, 9.17) is 5.11 Å². The number of hydrogen-bond acceptors (Lipinski definition) is 5. The van der Waals surface area contributed by atoms with E-state index in [0.717, 1.165) is 44.2 Å². The van der Waals surface area contributed by atoms with Crippen LogP contribution in [0.25, 0.3) is 32.7 Å². The van der Waals surface area contributed by atoms with Gasteiger partial charge in [0.25, 0.3) is 0 Å². The standard InChI is InChI=1S/C33H22O4.C9H12O.C2H6/c34-29-15-9-19-17-21(11-13-23(19)31(29)36)33(22-12-14-24-20(18-22)10-16-30(35)32(24)37)27-7-3-1-5-25(27)26-6-2-4-8-28(26)33;1-7(2)8-3-5-9(10)6-4-8;1-2/h1-18,34-37H;3-7,10H,1-2H3;1-2H3. The van der Waals surface area contributed by atoms with Crippen LogP contribution in [0, 0.1) is 0 Å². The maximum Gasteiger partial charge on any atom is 0.165 e. The van der Waals surface area contributed by atoms with E-state index in [9.17, 15) is 20.4 Å². The van der Waals surface area contributed by atoms with Gasteiger partial charge in [-0.15, -0.1) is 0 Å². The number of benzene rings is 7. The number of rotatable bonds is 3. The van der Waals surface area contributed by atoms with Gasteiger partial charge in [-0.2, -0.15) is 0 Å². The number of phenols is 5. The Morgan fingerprint density at radius 2 is 0.898 bits per heavy atom. The predicted molar refractivity (Wildman–Crippen MR) is 199 cm³/mol. The minimum Gasteiger partial charge on any atom is -0.508 e. The van der Waals surface area contributed by atoms with E-state index in [-0.39, 0.29) is 23.0 Å². The molecule has 8 rings (SSSR count). The summed E-state index contributed by atoms with van der Waals surface area (Å²) in [7, 11) is 0. The number of aromatic hydroxyl groups is 5. The van der Waals surface area contributed by atoms with E-state index >= 15 is 0 Å². The first-order valence-electron chi connectivity index (χ1n) is 16.6. The van der Waals surface area contributed by atoms with Gasteiger partial charge in [0.1, 0.15) is 5.75 Å². The molecule has 0 saturated heterocycles. The third-order valence-corrected chi connectivity index (χ3v) is 9.32. The molecule has 0 atom stereocenters. The van der Waals surface area contributed by atoms with E-state index in [1.807, 2.05) is 74.5 Å². The van der Waals surface area contributed by atoms with Crippen LogP contribution in [0.3, 0.4) is 0 Å². The molecule has 0 bridgehead atoms. The summed E-state index contributed by atoms with van der Waals surface area (Å²) in [5.41, 5.74) is 7.21. The minimum atomic E-state index is -0.670. The molecule has 7 aromatic carbocycles. The highest BCUT2D eigenvalue weighted by Crippen LogP contribution is 2.57. The van der Waals surface area contributed by atoms with Gasteiger partial charge in [0.15, 0.2) is 23.0 Å². The Morgan fingerprint density at radius 3 is 1.33 bits per heavy atom. The van der Waals surface area contributed by atoms with Gasteiger partial charge < -0.3 is 25.5 Å². The fourth-order valence-corrected chi connectivity index (χ4v) is 6.95. The lowest BCUT2D eigenvalue weighted by Crippen LogP contribution is -2.28. The smallest absolute Gasteiger partial charge is 0.165 e. The van der Waals surface area contributed by atoms with E-state index in [1.165, 1.54) is 17.7 Å². The molecule has 1 aliphatic carbocycles. The Labute approximate surface area is 286 Å². The molecule has 1 aliphatic rings. The zero-order valence-corrected chi connectivity index (χ0v) is 28.0. The van der Waals surface area contributed by atoms with Crippen LogP contribution in [0.15, 0.2) is 133 Å². The molecule has 0 heterocycles. The van der Waals surface area contributed by atoms with Crippen molar-refractivity contribution in [1.82, 2.24) is 0 Å². The lowest BCUT2D eigenvalue weighted by atomic mass is 9.67. The van der Waals surface area contributed by atoms with Gasteiger partial charge in [-0.1, -0.05) is 125 Å². The predicted octanol–water partition coefficient (Wildman–Crippen LogP) is 10.7. The molecule has 0 amide bonds. The Kier molecular flexibility index (Phi) is 8.94. The van der Waals surface area contributed by atoms with Crippen molar-refractivity contribution in [3.05, 3.63) is 161 Å². The Bertz CT molecular complexity index is 2150. The minimum absolute atomic E-state index is 0.133. The normalized spacial score (nSPS) is 12.4. The Morgan fingerprint density at radius 1 is 0.469 bits per heavy atom. The largest absolute Gasteiger partial charge is 0.508 e. The van der Waals surface area contributed by atoms with Gasteiger partial charge in [0.2, 0.25) is 0 Å². The van der Waals surface area contributed by atoms with Crippen molar-refractivity contribution in [1.29, 1.82) is 0 Å². The molecule has 0 spiro atoms. The first-order chi connectivity index (χ1) is 23.7. The lowest BCUT2D eigenvalue weighted by Gasteiger charge is -2.34. The van der Waals surface area contributed by atoms with Crippen molar-refractivity contribution in [3.63, 3.8) is 0 Å². The molecule has 0 fully saturated rings. The molecule has 0 aliphatic heterocycles. The lowest BCUT2D eigenvalue weighted by molar-refractivity contribution is 0.408. The number of hydrogen-bond donors (Lipinski definition) is 5. The fourth-order valence-electron chi connectivity index (χ4n) is 6.95. The van der Waals surface area contributed by atoms with Crippen LogP contribution in [0.5, 0.6) is 28.7 Å². The summed E-state index contributed by atoms with van der Waals surface area (Å²) in [6, 6.07) is 42.7. The van der Waals surface area contributed by atoms with E-state index in [1.54, 1.807) is 12.1 Å². The molecule has 0 aromatic heterocycles. The SMILES string of the molecule is CC.CC(C)c1ccc(O)cc1.Oc1ccc2cc(C3(c4ccc5c(O)c(O)ccc5c4)c4ccccc4-c4ccccc43)ccc2c1O. The Hall–Kier alpha value is -5.94. The first-order valence-corrected chi connectivity index (χ1v) is 16.6. The summed E-state index contributed by atoms with van der Waals surface area (Å²) < 4.78 is 0. The molecule has 5 nitrogen and oxygen atoms in total. The molecule has 5 N–H and O–H groups in total. The van der Waals surface area contributed by atoms with E-state index in [2.05, 4.69) is 62.4 Å². The average molecular weight is 649 g/mol. The van der Waals surface area contributed by atoms with Crippen LogP contribution >= 0.6 is 0 Å². The number of fused-ring (bicyclic) bond motifs is 5. The highest BCUT2D eigenvalue weighted by molar-refractivity contribution is 5.95. The van der Waals surface area contributed by atoms with Crippen LogP contribution in [0.2, 0.25) is 0 Å². The zero-order chi connectivity index (χ0) is 34.9. The monoisotopic (exact) mass is 648 g/mol. The molecule has 49 heavy (non-hydrogen) atoms. The van der Waals surface area contributed by atoms with Crippen molar-refractivity contribution in [2.75, 3.05) is 0 Å². The highest BCUT2D eigenvalue weighted by Gasteiger charge is 2.46. The van der Waals surface area contributed by atoms with Crippen molar-refractivity contribution < 1.29 is 25.5 Å². The molecular weight excluding hydrogens is 608 g/mol. The summed E-state index contributed by atoms with van der Waals surface area (Å²) in [6.45, 7) is 8.26. The zero-order valence-electron chi connectivity index (χ0n) is 28.0. The molecule has 246 valence electrons. The molecular formula is C44H40O5. The maximum absolute atomic E-state index is 10.5. The molecule has 0 unspecified atom stereocenters. The van der Waals surface area contributed by atoms with Crippen LogP contribution in [0.4, 0.5) is 0 Å². The highest BCUT2D eigenvalue weighted by atomic mass is 16.3. The summed E-state index contributed by atoms with van der Waals surface area (Å²) in [5, 5.41) is 52.8. The maximum atomic E-state index is 10.5. The van der Waals surface area contributed by atoms with Crippen molar-refractivity contribution in [2.24, 2.45) is 0 Å².